The zero-order valence-electron chi connectivity index (χ0n) is 14.4. The molecule has 136 valence electrons. The van der Waals surface area contributed by atoms with Gasteiger partial charge in [-0.2, -0.15) is 4.99 Å². The molecule has 0 bridgehead atoms. The van der Waals surface area contributed by atoms with Crippen LogP contribution in [0.25, 0.3) is 32.8 Å². The van der Waals surface area contributed by atoms with Crippen LogP contribution in [0.2, 0.25) is 0 Å². The molecule has 0 fully saturated rings. The second-order valence-corrected chi connectivity index (χ2v) is 8.62. The van der Waals surface area contributed by atoms with Crippen molar-refractivity contribution in [1.82, 2.24) is 9.97 Å². The zero-order chi connectivity index (χ0) is 18.9. The van der Waals surface area contributed by atoms with Crippen LogP contribution in [0.4, 0.5) is 5.13 Å². The second-order valence-electron chi connectivity index (χ2n) is 5.98. The van der Waals surface area contributed by atoms with Crippen molar-refractivity contribution in [3.8, 4) is 21.8 Å². The lowest BCUT2D eigenvalue weighted by atomic mass is 10.1. The van der Waals surface area contributed by atoms with Gasteiger partial charge in [0.1, 0.15) is 10.6 Å². The first-order valence-corrected chi connectivity index (χ1v) is 11.0. The molecule has 5 rings (SSSR count). The van der Waals surface area contributed by atoms with Gasteiger partial charge in [-0.1, -0.05) is 46.3 Å². The van der Waals surface area contributed by atoms with Gasteiger partial charge in [0.05, 0.1) is 11.3 Å². The Morgan fingerprint density at radius 2 is 1.89 bits per heavy atom. The molecule has 0 N–H and O–H groups in total. The highest BCUT2D eigenvalue weighted by molar-refractivity contribution is 9.10. The van der Waals surface area contributed by atoms with E-state index in [9.17, 15) is 0 Å². The van der Waals surface area contributed by atoms with Crippen molar-refractivity contribution in [2.24, 2.45) is 4.99 Å². The van der Waals surface area contributed by atoms with Crippen molar-refractivity contribution in [2.75, 3.05) is 0 Å². The predicted octanol–water partition coefficient (Wildman–Crippen LogP) is 6.67. The second kappa shape index (κ2) is 7.43. The number of fused-ring (bicyclic) bond motifs is 1. The maximum absolute atomic E-state index is 6.14. The molecule has 0 radical (unpaired) electrons. The Hall–Kier alpha value is -2.61. The van der Waals surface area contributed by atoms with Gasteiger partial charge in [-0.05, 0) is 24.3 Å². The summed E-state index contributed by atoms with van der Waals surface area (Å²) in [4.78, 5) is 13.7. The molecule has 3 aromatic heterocycles. The van der Waals surface area contributed by atoms with Crippen LogP contribution in [0.5, 0.6) is 0 Å². The minimum absolute atomic E-state index is 0.513. The topological polar surface area (TPSA) is 51.3 Å². The van der Waals surface area contributed by atoms with Crippen LogP contribution in [0.3, 0.4) is 0 Å². The molecule has 0 aliphatic carbocycles. The van der Waals surface area contributed by atoms with Gasteiger partial charge in [0.2, 0.25) is 10.7 Å². The van der Waals surface area contributed by atoms with Gasteiger partial charge in [-0.3, -0.25) is 0 Å². The molecule has 28 heavy (non-hydrogen) atoms. The van der Waals surface area contributed by atoms with Gasteiger partial charge in [-0.25, -0.2) is 9.97 Å². The van der Waals surface area contributed by atoms with Gasteiger partial charge < -0.3 is 4.42 Å². The molecule has 0 saturated carbocycles. The fourth-order valence-electron chi connectivity index (χ4n) is 2.83. The molecule has 0 spiro atoms. The SMILES string of the molecule is Brc1ccc2oc(=Nc3nccs3)c(-c3nc(-c4ccccc4)cs3)cc2c1. The lowest BCUT2D eigenvalue weighted by molar-refractivity contribution is 0.547. The first-order chi connectivity index (χ1) is 13.8. The third-order valence-corrected chi connectivity index (χ3v) is 6.16. The third kappa shape index (κ3) is 3.44. The monoisotopic (exact) mass is 465 g/mol. The van der Waals surface area contributed by atoms with Crippen molar-refractivity contribution in [2.45, 2.75) is 0 Å². The van der Waals surface area contributed by atoms with E-state index in [0.717, 1.165) is 37.3 Å². The standard InChI is InChI=1S/C21H12BrN3OS2/c22-15-6-7-18-14(10-15)11-16(19(26-18)25-21-23-8-9-27-21)20-24-17(12-28-20)13-4-2-1-3-5-13/h1-12H. The summed E-state index contributed by atoms with van der Waals surface area (Å²) in [6, 6.07) is 18.1. The summed E-state index contributed by atoms with van der Waals surface area (Å²) in [5.41, 5.74) is 4.16. The molecule has 7 heteroatoms. The van der Waals surface area contributed by atoms with Gasteiger partial charge in [0, 0.05) is 32.4 Å². The van der Waals surface area contributed by atoms with Crippen LogP contribution in [0, 0.1) is 0 Å². The van der Waals surface area contributed by atoms with Gasteiger partial charge in [0.15, 0.2) is 0 Å². The van der Waals surface area contributed by atoms with Crippen molar-refractivity contribution in [3.05, 3.63) is 81.6 Å². The molecule has 0 aliphatic rings. The Kier molecular flexibility index (Phi) is 4.64. The Balaban J connectivity index is 1.72. The summed E-state index contributed by atoms with van der Waals surface area (Å²) in [7, 11) is 0. The van der Waals surface area contributed by atoms with E-state index < -0.39 is 0 Å². The van der Waals surface area contributed by atoms with E-state index in [-0.39, 0.29) is 0 Å². The van der Waals surface area contributed by atoms with Gasteiger partial charge in [-0.15, -0.1) is 22.7 Å². The molecule has 3 heterocycles. The number of benzene rings is 2. The fraction of sp³-hybridized carbons (Fsp3) is 0. The highest BCUT2D eigenvalue weighted by Crippen LogP contribution is 2.30. The van der Waals surface area contributed by atoms with Crippen molar-refractivity contribution >= 4 is 54.7 Å². The van der Waals surface area contributed by atoms with Gasteiger partial charge in [0.25, 0.3) is 0 Å². The Labute approximate surface area is 177 Å². The fourth-order valence-corrected chi connectivity index (χ4v) is 4.55. The molecular formula is C21H12BrN3OS2. The molecule has 5 aromatic rings. The van der Waals surface area contributed by atoms with E-state index in [2.05, 4.69) is 49.5 Å². The lowest BCUT2D eigenvalue weighted by Crippen LogP contribution is -2.05. The number of rotatable bonds is 3. The minimum Gasteiger partial charge on any atom is -0.438 e. The Morgan fingerprint density at radius 3 is 2.71 bits per heavy atom. The summed E-state index contributed by atoms with van der Waals surface area (Å²) in [5, 5.41) is 6.45. The molecule has 0 aliphatic heterocycles. The first-order valence-electron chi connectivity index (χ1n) is 8.45. The van der Waals surface area contributed by atoms with E-state index in [1.165, 1.54) is 11.3 Å². The number of hydrogen-bond acceptors (Lipinski definition) is 6. The van der Waals surface area contributed by atoms with Crippen LogP contribution in [-0.2, 0) is 0 Å². The summed E-state index contributed by atoms with van der Waals surface area (Å²) in [6.45, 7) is 0. The normalized spacial score (nSPS) is 12.0. The Morgan fingerprint density at radius 1 is 1.00 bits per heavy atom. The van der Waals surface area contributed by atoms with E-state index in [4.69, 9.17) is 9.40 Å². The van der Waals surface area contributed by atoms with Crippen LogP contribution in [0.15, 0.2) is 85.4 Å². The number of thiazole rings is 2. The molecule has 0 unspecified atom stereocenters. The van der Waals surface area contributed by atoms with E-state index >= 15 is 0 Å². The van der Waals surface area contributed by atoms with Crippen molar-refractivity contribution < 1.29 is 4.42 Å². The average molecular weight is 466 g/mol. The number of hydrogen-bond donors (Lipinski definition) is 0. The summed E-state index contributed by atoms with van der Waals surface area (Å²) < 4.78 is 7.13. The van der Waals surface area contributed by atoms with E-state index in [1.807, 2.05) is 41.8 Å². The van der Waals surface area contributed by atoms with E-state index in [0.29, 0.717) is 10.7 Å². The highest BCUT2D eigenvalue weighted by atomic mass is 79.9. The van der Waals surface area contributed by atoms with Crippen molar-refractivity contribution in [1.29, 1.82) is 0 Å². The number of aromatic nitrogens is 2. The smallest absolute Gasteiger partial charge is 0.232 e. The minimum atomic E-state index is 0.513. The number of halogens is 1. The first kappa shape index (κ1) is 17.5. The quantitative estimate of drug-likeness (QED) is 0.298. The lowest BCUT2D eigenvalue weighted by Gasteiger charge is -2.03. The molecule has 0 atom stereocenters. The Bertz CT molecular complexity index is 1330. The summed E-state index contributed by atoms with van der Waals surface area (Å²) >= 11 is 6.58. The van der Waals surface area contributed by atoms with Crippen molar-refractivity contribution in [3.63, 3.8) is 0 Å². The third-order valence-electron chi connectivity index (χ3n) is 4.13. The van der Waals surface area contributed by atoms with Crippen LogP contribution in [0.1, 0.15) is 0 Å². The number of nitrogens with zero attached hydrogens (tertiary/aromatic N) is 3. The predicted molar refractivity (Wildman–Crippen MR) is 118 cm³/mol. The largest absolute Gasteiger partial charge is 0.438 e. The van der Waals surface area contributed by atoms with Crippen LogP contribution in [-0.4, -0.2) is 9.97 Å². The zero-order valence-corrected chi connectivity index (χ0v) is 17.6. The molecular weight excluding hydrogens is 454 g/mol. The highest BCUT2D eigenvalue weighted by Gasteiger charge is 2.13. The van der Waals surface area contributed by atoms with Gasteiger partial charge >= 0.3 is 0 Å². The summed E-state index contributed by atoms with van der Waals surface area (Å²) in [5.74, 6) is 0. The molecule has 4 nitrogen and oxygen atoms in total. The van der Waals surface area contributed by atoms with E-state index in [1.54, 1.807) is 17.5 Å². The maximum atomic E-state index is 6.14. The average Bonchev–Trinajstić information content (AvgIpc) is 3.40. The molecule has 0 amide bonds. The molecule has 2 aromatic carbocycles. The van der Waals surface area contributed by atoms with Crippen LogP contribution >= 0.6 is 38.6 Å². The maximum Gasteiger partial charge on any atom is 0.232 e. The van der Waals surface area contributed by atoms with Crippen LogP contribution < -0.4 is 5.55 Å². The summed E-state index contributed by atoms with van der Waals surface area (Å²) in [6.07, 6.45) is 1.73. The molecule has 0 saturated heterocycles.